The number of ether oxygens (including phenoxy) is 1. The third-order valence-electron chi connectivity index (χ3n) is 5.14. The number of hydrogen-bond acceptors (Lipinski definition) is 5. The number of nitrogens with zero attached hydrogens (tertiary/aromatic N) is 2. The van der Waals surface area contributed by atoms with E-state index in [1.165, 1.54) is 19.2 Å². The molecule has 0 spiro atoms. The monoisotopic (exact) mass is 373 g/mol. The molecule has 8 nitrogen and oxygen atoms in total. The summed E-state index contributed by atoms with van der Waals surface area (Å²) >= 11 is 0. The summed E-state index contributed by atoms with van der Waals surface area (Å²) in [6, 6.07) is 5.40. The van der Waals surface area contributed by atoms with Crippen molar-refractivity contribution in [3.8, 4) is 5.75 Å². The third-order valence-corrected chi connectivity index (χ3v) is 5.14. The van der Waals surface area contributed by atoms with Gasteiger partial charge in [-0.15, -0.1) is 0 Å². The van der Waals surface area contributed by atoms with Gasteiger partial charge in [-0.25, -0.2) is 14.6 Å². The van der Waals surface area contributed by atoms with E-state index in [1.807, 2.05) is 0 Å². The lowest BCUT2D eigenvalue weighted by Gasteiger charge is -2.29. The molecule has 1 aliphatic heterocycles. The average Bonchev–Trinajstić information content (AvgIpc) is 2.87. The highest BCUT2D eigenvalue weighted by Gasteiger charge is 2.46. The molecule has 3 rings (SSSR count). The van der Waals surface area contributed by atoms with Crippen molar-refractivity contribution in [2.45, 2.75) is 38.6 Å². The summed E-state index contributed by atoms with van der Waals surface area (Å²) in [6.45, 7) is 1.62. The van der Waals surface area contributed by atoms with Gasteiger partial charge in [0.1, 0.15) is 12.3 Å². The lowest BCUT2D eigenvalue weighted by molar-refractivity contribution is -0.140. The number of hydrogen-bond donors (Lipinski definition) is 1. The topological polar surface area (TPSA) is 96.0 Å². The van der Waals surface area contributed by atoms with Crippen molar-refractivity contribution in [2.75, 3.05) is 18.6 Å². The zero-order chi connectivity index (χ0) is 19.6. The Kier molecular flexibility index (Phi) is 5.43. The van der Waals surface area contributed by atoms with Crippen LogP contribution in [0, 0.1) is 5.92 Å². The highest BCUT2D eigenvalue weighted by molar-refractivity contribution is 6.53. The van der Waals surface area contributed by atoms with E-state index in [-0.39, 0.29) is 11.7 Å². The number of nitrogens with one attached hydrogen (secondary N) is 1. The van der Waals surface area contributed by atoms with E-state index in [1.54, 1.807) is 12.1 Å². The fourth-order valence-electron chi connectivity index (χ4n) is 3.53. The van der Waals surface area contributed by atoms with E-state index in [4.69, 9.17) is 4.74 Å². The molecule has 1 heterocycles. The van der Waals surface area contributed by atoms with Gasteiger partial charge < -0.3 is 10.1 Å². The van der Waals surface area contributed by atoms with Crippen LogP contribution in [-0.4, -0.2) is 48.3 Å². The maximum atomic E-state index is 12.6. The number of urea groups is 1. The molecular formula is C19H23N3O5. The first kappa shape index (κ1) is 18.9. The van der Waals surface area contributed by atoms with Gasteiger partial charge in [-0.05, 0) is 43.0 Å². The summed E-state index contributed by atoms with van der Waals surface area (Å²) in [5.74, 6) is -1.49. The largest absolute Gasteiger partial charge is 0.497 e. The first-order chi connectivity index (χ1) is 12.9. The molecule has 0 bridgehead atoms. The standard InChI is InChI=1S/C19H23N3O5/c1-12-5-3-4-6-15(12)20-16(23)11-21-17(24)18(25)22(19(21)26)13-7-9-14(27-2)10-8-13/h7-10,12,15H,3-6,11H2,1-2H3,(H,20,23)/t12-,15-/m1/s1. The number of methoxy groups -OCH3 is 1. The molecule has 2 atom stereocenters. The van der Waals surface area contributed by atoms with Crippen LogP contribution < -0.4 is 15.0 Å². The zero-order valence-electron chi connectivity index (χ0n) is 15.4. The Morgan fingerprint density at radius 1 is 1.11 bits per heavy atom. The normalized spacial score (nSPS) is 23.0. The molecule has 0 radical (unpaired) electrons. The molecule has 8 heteroatoms. The first-order valence-electron chi connectivity index (χ1n) is 9.05. The lowest BCUT2D eigenvalue weighted by Crippen LogP contribution is -2.47. The predicted molar refractivity (Wildman–Crippen MR) is 97.2 cm³/mol. The third kappa shape index (κ3) is 3.79. The highest BCUT2D eigenvalue weighted by Crippen LogP contribution is 2.25. The van der Waals surface area contributed by atoms with Crippen LogP contribution in [0.4, 0.5) is 10.5 Å². The summed E-state index contributed by atoms with van der Waals surface area (Å²) in [5.41, 5.74) is 0.253. The SMILES string of the molecule is COc1ccc(N2C(=O)C(=O)N(CC(=O)N[C@@H]3CCCC[C@H]3C)C2=O)cc1. The van der Waals surface area contributed by atoms with Gasteiger partial charge in [-0.3, -0.25) is 14.4 Å². The average molecular weight is 373 g/mol. The quantitative estimate of drug-likeness (QED) is 0.626. The van der Waals surface area contributed by atoms with Gasteiger partial charge in [0.2, 0.25) is 5.91 Å². The molecule has 1 aromatic rings. The molecule has 0 aromatic heterocycles. The van der Waals surface area contributed by atoms with Crippen LogP contribution in [0.15, 0.2) is 24.3 Å². The van der Waals surface area contributed by atoms with E-state index in [0.717, 1.165) is 30.6 Å². The molecular weight excluding hydrogens is 350 g/mol. The molecule has 1 saturated heterocycles. The van der Waals surface area contributed by atoms with Gasteiger partial charge >= 0.3 is 17.8 Å². The maximum absolute atomic E-state index is 12.6. The van der Waals surface area contributed by atoms with Crippen molar-refractivity contribution in [2.24, 2.45) is 5.92 Å². The van der Waals surface area contributed by atoms with Crippen LogP contribution in [-0.2, 0) is 14.4 Å². The van der Waals surface area contributed by atoms with E-state index < -0.39 is 30.3 Å². The summed E-state index contributed by atoms with van der Waals surface area (Å²) in [5, 5.41) is 2.89. The molecule has 0 unspecified atom stereocenters. The predicted octanol–water partition coefficient (Wildman–Crippen LogP) is 1.69. The van der Waals surface area contributed by atoms with Crippen molar-refractivity contribution in [1.82, 2.24) is 10.2 Å². The summed E-state index contributed by atoms with van der Waals surface area (Å²) in [7, 11) is 1.50. The van der Waals surface area contributed by atoms with Crippen LogP contribution >= 0.6 is 0 Å². The van der Waals surface area contributed by atoms with Gasteiger partial charge in [0.05, 0.1) is 12.8 Å². The summed E-state index contributed by atoms with van der Waals surface area (Å²) in [4.78, 5) is 50.9. The lowest BCUT2D eigenvalue weighted by atomic mass is 9.86. The minimum atomic E-state index is -0.998. The Morgan fingerprint density at radius 2 is 1.78 bits per heavy atom. The Morgan fingerprint density at radius 3 is 2.41 bits per heavy atom. The fraction of sp³-hybridized carbons (Fsp3) is 0.474. The zero-order valence-corrected chi connectivity index (χ0v) is 15.4. The first-order valence-corrected chi connectivity index (χ1v) is 9.05. The van der Waals surface area contributed by atoms with Crippen molar-refractivity contribution in [1.29, 1.82) is 0 Å². The molecule has 1 N–H and O–H groups in total. The molecule has 2 fully saturated rings. The number of benzene rings is 1. The highest BCUT2D eigenvalue weighted by atomic mass is 16.5. The van der Waals surface area contributed by atoms with Crippen LogP contribution in [0.5, 0.6) is 5.75 Å². The number of carbonyl (C=O) groups excluding carboxylic acids is 4. The molecule has 144 valence electrons. The van der Waals surface area contributed by atoms with Gasteiger partial charge in [0.25, 0.3) is 0 Å². The van der Waals surface area contributed by atoms with Crippen molar-refractivity contribution >= 4 is 29.4 Å². The van der Waals surface area contributed by atoms with Gasteiger partial charge in [0.15, 0.2) is 0 Å². The number of imide groups is 2. The van der Waals surface area contributed by atoms with Crippen LogP contribution in [0.1, 0.15) is 32.6 Å². The Bertz CT molecular complexity index is 761. The Balaban J connectivity index is 1.69. The maximum Gasteiger partial charge on any atom is 0.339 e. The second-order valence-corrected chi connectivity index (χ2v) is 6.95. The van der Waals surface area contributed by atoms with Gasteiger partial charge in [-0.2, -0.15) is 0 Å². The van der Waals surface area contributed by atoms with Crippen molar-refractivity contribution in [3.05, 3.63) is 24.3 Å². The number of carbonyl (C=O) groups is 4. The van der Waals surface area contributed by atoms with Crippen LogP contribution in [0.2, 0.25) is 0 Å². The second kappa shape index (κ2) is 7.77. The van der Waals surface area contributed by atoms with Crippen molar-refractivity contribution in [3.63, 3.8) is 0 Å². The molecule has 27 heavy (non-hydrogen) atoms. The van der Waals surface area contributed by atoms with Crippen molar-refractivity contribution < 1.29 is 23.9 Å². The Labute approximate surface area is 157 Å². The molecule has 2 aliphatic rings. The smallest absolute Gasteiger partial charge is 0.339 e. The van der Waals surface area contributed by atoms with Gasteiger partial charge in [0, 0.05) is 6.04 Å². The van der Waals surface area contributed by atoms with E-state index in [9.17, 15) is 19.2 Å². The molecule has 5 amide bonds. The van der Waals surface area contributed by atoms with E-state index in [2.05, 4.69) is 12.2 Å². The second-order valence-electron chi connectivity index (χ2n) is 6.95. The number of rotatable bonds is 5. The fourth-order valence-corrected chi connectivity index (χ4v) is 3.53. The van der Waals surface area contributed by atoms with Gasteiger partial charge in [-0.1, -0.05) is 19.8 Å². The summed E-state index contributed by atoms with van der Waals surface area (Å²) < 4.78 is 5.04. The van der Waals surface area contributed by atoms with E-state index in [0.29, 0.717) is 16.6 Å². The minimum absolute atomic E-state index is 0.0347. The minimum Gasteiger partial charge on any atom is -0.497 e. The number of anilines is 1. The van der Waals surface area contributed by atoms with E-state index >= 15 is 0 Å². The van der Waals surface area contributed by atoms with Crippen LogP contribution in [0.25, 0.3) is 0 Å². The Hall–Kier alpha value is -2.90. The number of amides is 5. The molecule has 1 saturated carbocycles. The molecule has 1 aliphatic carbocycles. The molecule has 1 aromatic carbocycles. The summed E-state index contributed by atoms with van der Waals surface area (Å²) in [6.07, 6.45) is 4.10. The van der Waals surface area contributed by atoms with Crippen LogP contribution in [0.3, 0.4) is 0 Å².